The van der Waals surface area contributed by atoms with Crippen LogP contribution in [0.5, 0.6) is 0 Å². The van der Waals surface area contributed by atoms with E-state index in [1.54, 1.807) is 17.8 Å². The first-order valence-corrected chi connectivity index (χ1v) is 26.2. The minimum atomic E-state index is -1.46. The van der Waals surface area contributed by atoms with Crippen LogP contribution in [0.4, 0.5) is 15.5 Å². The van der Waals surface area contributed by atoms with E-state index < -0.39 is 42.1 Å². The third kappa shape index (κ3) is 9.62. The number of alkyl carbamates (subject to hydrolysis) is 1. The van der Waals surface area contributed by atoms with Crippen molar-refractivity contribution < 1.29 is 33.8 Å². The maximum Gasteiger partial charge on any atom is 0.407 e. The molecule has 6 N–H and O–H groups in total. The van der Waals surface area contributed by atoms with E-state index in [4.69, 9.17) is 25.2 Å². The number of H-pyrrole nitrogens is 1. The number of primary amides is 1. The van der Waals surface area contributed by atoms with Crippen LogP contribution in [0.3, 0.4) is 0 Å². The van der Waals surface area contributed by atoms with Crippen molar-refractivity contribution in [2.75, 3.05) is 44.2 Å². The molecule has 1 saturated carbocycles. The normalized spacial score (nSPS) is 19.2. The first-order chi connectivity index (χ1) is 36.8. The van der Waals surface area contributed by atoms with Gasteiger partial charge in [0.05, 0.1) is 30.3 Å². The summed E-state index contributed by atoms with van der Waals surface area (Å²) in [5.41, 5.74) is 12.2. The number of hydrogen-bond donors (Lipinski definition) is 5. The number of nitrogens with two attached hydrogens (primary N) is 1. The molecule has 11 rings (SSSR count). The number of aryl methyl sites for hydroxylation is 1. The highest BCUT2D eigenvalue weighted by atomic mass is 16.5. The molecule has 18 nitrogen and oxygen atoms in total. The van der Waals surface area contributed by atoms with Crippen molar-refractivity contribution in [2.24, 2.45) is 12.8 Å². The topological polar surface area (TPSA) is 230 Å². The van der Waals surface area contributed by atoms with Crippen LogP contribution in [-0.4, -0.2) is 128 Å². The van der Waals surface area contributed by atoms with E-state index in [1.165, 1.54) is 4.90 Å². The van der Waals surface area contributed by atoms with Gasteiger partial charge in [0, 0.05) is 86.0 Å². The first kappa shape index (κ1) is 50.1. The Labute approximate surface area is 439 Å². The molecular formula is C58H62N10O8. The van der Waals surface area contributed by atoms with E-state index in [-0.39, 0.29) is 48.9 Å². The number of carbonyl (C=O) groups excluding carboxylic acids is 3. The van der Waals surface area contributed by atoms with Crippen LogP contribution in [0, 0.1) is 0 Å². The highest BCUT2D eigenvalue weighted by molar-refractivity contribution is 5.98. The predicted octanol–water partition coefficient (Wildman–Crippen LogP) is 6.84. The number of amides is 4. The number of pyridine rings is 1. The van der Waals surface area contributed by atoms with E-state index in [2.05, 4.69) is 32.3 Å². The Balaban J connectivity index is 0.943. The summed E-state index contributed by atoms with van der Waals surface area (Å²) in [5.74, 6) is -1.23. The van der Waals surface area contributed by atoms with Gasteiger partial charge in [-0.2, -0.15) is 0 Å². The number of aromatic amines is 1. The fraction of sp³-hybridized carbons (Fsp3) is 0.362. The van der Waals surface area contributed by atoms with E-state index >= 15 is 0 Å². The molecule has 4 aromatic carbocycles. The molecule has 4 atom stereocenters. The average Bonchev–Trinajstić information content (AvgIpc) is 4.07. The number of piperidine rings is 1. The summed E-state index contributed by atoms with van der Waals surface area (Å²) in [6, 6.07) is 32.1. The van der Waals surface area contributed by atoms with Crippen molar-refractivity contribution in [3.05, 3.63) is 148 Å². The van der Waals surface area contributed by atoms with Crippen LogP contribution in [0.2, 0.25) is 0 Å². The number of ether oxygens (including phenoxy) is 2. The number of rotatable bonds is 15. The van der Waals surface area contributed by atoms with Gasteiger partial charge >= 0.3 is 12.2 Å². The van der Waals surface area contributed by atoms with Crippen molar-refractivity contribution in [3.63, 3.8) is 0 Å². The van der Waals surface area contributed by atoms with Crippen LogP contribution in [-0.2, 0) is 31.7 Å². The summed E-state index contributed by atoms with van der Waals surface area (Å²) in [7, 11) is 1.72. The molecule has 7 aromatic rings. The number of aromatic nitrogens is 4. The molecule has 0 spiro atoms. The van der Waals surface area contributed by atoms with Gasteiger partial charge in [0.25, 0.3) is 5.56 Å². The Bertz CT molecular complexity index is 3380. The van der Waals surface area contributed by atoms with Gasteiger partial charge < -0.3 is 50.3 Å². The minimum absolute atomic E-state index is 0.00307. The highest BCUT2D eigenvalue weighted by Crippen LogP contribution is 2.46. The SMILES string of the molecule is C[C@@H]1CN(C2CCN(c3nc(C(CNC(=O)C(CC(N)=O)NC(=O)OCC4c5ccccc5-c5ccccc54)(OC4CC4)c4ccccc4)c4cc(-c5cn(C)c(=O)c6[nH]ccc56)ccc4n3)CC2)[C@@H](C)CN1C(=O)O. The predicted molar refractivity (Wildman–Crippen MR) is 288 cm³/mol. The lowest BCUT2D eigenvalue weighted by Crippen LogP contribution is -2.61. The summed E-state index contributed by atoms with van der Waals surface area (Å²) < 4.78 is 14.7. The Morgan fingerprint density at radius 3 is 2.22 bits per heavy atom. The molecule has 76 heavy (non-hydrogen) atoms. The van der Waals surface area contributed by atoms with Crippen LogP contribution in [0.25, 0.3) is 44.1 Å². The maximum atomic E-state index is 14.7. The smallest absolute Gasteiger partial charge is 0.407 e. The van der Waals surface area contributed by atoms with Crippen molar-refractivity contribution in [1.82, 2.24) is 40.0 Å². The zero-order valence-corrected chi connectivity index (χ0v) is 42.8. The molecule has 18 heteroatoms. The second-order valence-electron chi connectivity index (χ2n) is 20.8. The quantitative estimate of drug-likeness (QED) is 0.0711. The summed E-state index contributed by atoms with van der Waals surface area (Å²) in [4.78, 5) is 86.3. The fourth-order valence-electron chi connectivity index (χ4n) is 11.8. The van der Waals surface area contributed by atoms with Gasteiger partial charge in [-0.25, -0.2) is 19.6 Å². The molecule has 2 aliphatic carbocycles. The molecule has 3 aromatic heterocycles. The van der Waals surface area contributed by atoms with Crippen molar-refractivity contribution in [3.8, 4) is 22.3 Å². The molecule has 2 saturated heterocycles. The maximum absolute atomic E-state index is 14.7. The lowest BCUT2D eigenvalue weighted by atomic mass is 9.86. The largest absolute Gasteiger partial charge is 0.465 e. The van der Waals surface area contributed by atoms with Crippen molar-refractivity contribution >= 4 is 51.8 Å². The Morgan fingerprint density at radius 1 is 0.842 bits per heavy atom. The van der Waals surface area contributed by atoms with Crippen molar-refractivity contribution in [1.29, 1.82) is 0 Å². The van der Waals surface area contributed by atoms with Gasteiger partial charge in [0.2, 0.25) is 17.8 Å². The lowest BCUT2D eigenvalue weighted by molar-refractivity contribution is -0.128. The summed E-state index contributed by atoms with van der Waals surface area (Å²) in [6.07, 6.45) is 4.23. The lowest BCUT2D eigenvalue weighted by Gasteiger charge is -2.48. The molecule has 392 valence electrons. The third-order valence-corrected chi connectivity index (χ3v) is 15.8. The van der Waals surface area contributed by atoms with Gasteiger partial charge in [-0.05, 0) is 91.1 Å². The van der Waals surface area contributed by atoms with Crippen LogP contribution in [0.15, 0.2) is 120 Å². The Hall–Kier alpha value is -8.09. The number of nitrogens with one attached hydrogen (secondary N) is 3. The van der Waals surface area contributed by atoms with E-state index in [0.29, 0.717) is 59.8 Å². The number of hydrogen-bond acceptors (Lipinski definition) is 11. The Morgan fingerprint density at radius 2 is 1.54 bits per heavy atom. The zero-order valence-electron chi connectivity index (χ0n) is 42.8. The van der Waals surface area contributed by atoms with Gasteiger partial charge in [0.1, 0.15) is 18.2 Å². The summed E-state index contributed by atoms with van der Waals surface area (Å²) in [6.45, 7) is 6.22. The first-order valence-electron chi connectivity index (χ1n) is 26.2. The highest BCUT2D eigenvalue weighted by Gasteiger charge is 2.46. The van der Waals surface area contributed by atoms with Crippen LogP contribution < -0.4 is 26.8 Å². The number of piperazine rings is 1. The molecule has 4 aliphatic rings. The van der Waals surface area contributed by atoms with E-state index in [9.17, 15) is 29.1 Å². The number of anilines is 1. The summed E-state index contributed by atoms with van der Waals surface area (Å²) in [5, 5.41) is 17.0. The second-order valence-corrected chi connectivity index (χ2v) is 20.8. The van der Waals surface area contributed by atoms with Gasteiger partial charge in [-0.15, -0.1) is 0 Å². The van der Waals surface area contributed by atoms with E-state index in [0.717, 1.165) is 64.5 Å². The fourth-order valence-corrected chi connectivity index (χ4v) is 11.8. The Kier molecular flexibility index (Phi) is 13.5. The minimum Gasteiger partial charge on any atom is -0.465 e. The average molecular weight is 1030 g/mol. The number of benzene rings is 4. The van der Waals surface area contributed by atoms with Crippen molar-refractivity contribution in [2.45, 2.75) is 87.7 Å². The molecule has 2 aliphatic heterocycles. The molecule has 0 radical (unpaired) electrons. The number of nitrogens with zero attached hydrogens (tertiary/aromatic N) is 6. The number of carboxylic acid groups (broad SMARTS) is 1. The van der Waals surface area contributed by atoms with Crippen LogP contribution >= 0.6 is 0 Å². The zero-order chi connectivity index (χ0) is 52.8. The number of fused-ring (bicyclic) bond motifs is 5. The van der Waals surface area contributed by atoms with Gasteiger partial charge in [-0.3, -0.25) is 19.3 Å². The monoisotopic (exact) mass is 1030 g/mol. The summed E-state index contributed by atoms with van der Waals surface area (Å²) >= 11 is 0. The molecule has 4 amide bonds. The van der Waals surface area contributed by atoms with Gasteiger partial charge in [0.15, 0.2) is 5.60 Å². The van der Waals surface area contributed by atoms with Gasteiger partial charge in [-0.1, -0.05) is 84.9 Å². The molecule has 3 fully saturated rings. The third-order valence-electron chi connectivity index (χ3n) is 15.8. The standard InChI is InChI=1S/C58H62N10O8/c1-34-30-68(57(73)74)35(2)29-67(34)38-22-25-66(26-23-38)55-62-48-20-17-36(46-31-65(3)54(71)51-44(46)21-24-60-51)27-45(48)52(64-55)58(76-39-18-19-39,37-11-5-4-6-12-37)33-61-53(70)49(28-50(59)69)63-56(72)75-32-47-42-15-9-7-13-40(42)41-14-8-10-16-43(41)47/h4-17,20-21,24,27,31,34-35,38-39,47,49,60H,18-19,22-23,25-26,28-30,32-33H2,1-3H3,(H2,59,69)(H,61,70)(H,63,72)(H,73,74)/t34-,35+,49?,58?/m0/s1. The number of carbonyl (C=O) groups is 4. The molecule has 2 unspecified atom stereocenters. The second kappa shape index (κ2) is 20.6. The molecule has 0 bridgehead atoms. The van der Waals surface area contributed by atoms with E-state index in [1.807, 2.05) is 116 Å². The molecule has 5 heterocycles. The molecular weight excluding hydrogens is 965 g/mol. The van der Waals surface area contributed by atoms with Crippen LogP contribution in [0.1, 0.15) is 74.3 Å².